The number of para-hydroxylation sites is 1. The predicted molar refractivity (Wildman–Crippen MR) is 263 cm³/mol. The highest BCUT2D eigenvalue weighted by atomic mass is 15.1. The zero-order chi connectivity index (χ0) is 41.6. The third-order valence-electron chi connectivity index (χ3n) is 12.9. The van der Waals surface area contributed by atoms with Crippen molar-refractivity contribution in [1.82, 2.24) is 0 Å². The van der Waals surface area contributed by atoms with Gasteiger partial charge in [-0.25, -0.2) is 0 Å². The fraction of sp³-hybridized carbons (Fsp3) is 0.0492. The van der Waals surface area contributed by atoms with Crippen LogP contribution in [0.2, 0.25) is 0 Å². The Morgan fingerprint density at radius 1 is 0.274 bits per heavy atom. The first-order valence-electron chi connectivity index (χ1n) is 21.6. The Bertz CT molecular complexity index is 3230. The van der Waals surface area contributed by atoms with Crippen LogP contribution in [-0.4, -0.2) is 0 Å². The second-order valence-electron chi connectivity index (χ2n) is 17.0. The van der Waals surface area contributed by atoms with Gasteiger partial charge in [0.15, 0.2) is 0 Å². The normalized spacial score (nSPS) is 12.5. The molecule has 1 aliphatic rings. The highest BCUT2D eigenvalue weighted by Gasteiger charge is 2.35. The summed E-state index contributed by atoms with van der Waals surface area (Å²) < 4.78 is 0. The summed E-state index contributed by atoms with van der Waals surface area (Å²) in [6.45, 7) is 4.70. The molecule has 0 N–H and O–H groups in total. The molecule has 0 aliphatic heterocycles. The number of benzene rings is 10. The maximum Gasteiger partial charge on any atom is 0.0540 e. The van der Waals surface area contributed by atoms with Crippen molar-refractivity contribution in [2.45, 2.75) is 19.3 Å². The summed E-state index contributed by atoms with van der Waals surface area (Å²) in [5.74, 6) is 0. The predicted octanol–water partition coefficient (Wildman–Crippen LogP) is 17.0. The van der Waals surface area contributed by atoms with Crippen LogP contribution in [0.5, 0.6) is 0 Å². The van der Waals surface area contributed by atoms with Gasteiger partial charge in [-0.3, -0.25) is 0 Å². The van der Waals surface area contributed by atoms with Crippen molar-refractivity contribution in [2.24, 2.45) is 0 Å². The summed E-state index contributed by atoms with van der Waals surface area (Å²) in [7, 11) is 0. The van der Waals surface area contributed by atoms with Crippen LogP contribution >= 0.6 is 0 Å². The van der Waals surface area contributed by atoms with Crippen LogP contribution in [0.25, 0.3) is 77.5 Å². The summed E-state index contributed by atoms with van der Waals surface area (Å²) in [5, 5.41) is 2.51. The second kappa shape index (κ2) is 15.4. The minimum absolute atomic E-state index is 0.0500. The quantitative estimate of drug-likeness (QED) is 0.148. The summed E-state index contributed by atoms with van der Waals surface area (Å²) in [5.41, 5.74) is 20.7. The molecular weight excluding hydrogens is 747 g/mol. The van der Waals surface area contributed by atoms with E-state index in [0.29, 0.717) is 0 Å². The molecule has 0 saturated carbocycles. The summed E-state index contributed by atoms with van der Waals surface area (Å²) in [4.78, 5) is 2.40. The number of nitrogens with zero attached hydrogens (tertiary/aromatic N) is 1. The SMILES string of the molecule is CC1(C)c2ccccc2-c2ccc(-c3ccc(N(c4ccc(-c5cccc(-c6ccc7ccccc7c6)c5)cc4)c4ccccc4-c4ccc(-c5ccccc5)cc4)cc3)cc21. The van der Waals surface area contributed by atoms with Crippen molar-refractivity contribution < 1.29 is 0 Å². The lowest BCUT2D eigenvalue weighted by atomic mass is 9.81. The molecule has 0 atom stereocenters. The molecule has 0 radical (unpaired) electrons. The molecule has 0 amide bonds. The number of fused-ring (bicyclic) bond motifs is 4. The van der Waals surface area contributed by atoms with E-state index in [9.17, 15) is 0 Å². The van der Waals surface area contributed by atoms with Gasteiger partial charge in [-0.05, 0) is 132 Å². The molecule has 0 heterocycles. The molecule has 1 nitrogen and oxygen atoms in total. The van der Waals surface area contributed by atoms with E-state index >= 15 is 0 Å². The molecule has 0 spiro atoms. The molecule has 11 rings (SSSR count). The Morgan fingerprint density at radius 3 is 1.45 bits per heavy atom. The maximum absolute atomic E-state index is 2.41. The highest BCUT2D eigenvalue weighted by Crippen LogP contribution is 2.50. The topological polar surface area (TPSA) is 3.24 Å². The summed E-state index contributed by atoms with van der Waals surface area (Å²) in [6, 6.07) is 86.6. The lowest BCUT2D eigenvalue weighted by Gasteiger charge is -2.28. The van der Waals surface area contributed by atoms with Gasteiger partial charge in [-0.1, -0.05) is 202 Å². The molecule has 0 fully saturated rings. The zero-order valence-corrected chi connectivity index (χ0v) is 35.0. The van der Waals surface area contributed by atoms with Crippen LogP contribution in [0.15, 0.2) is 237 Å². The Kier molecular flexibility index (Phi) is 9.24. The lowest BCUT2D eigenvalue weighted by Crippen LogP contribution is -2.14. The summed E-state index contributed by atoms with van der Waals surface area (Å²) in [6.07, 6.45) is 0. The Hall–Kier alpha value is -7.74. The second-order valence-corrected chi connectivity index (χ2v) is 17.0. The van der Waals surface area contributed by atoms with Gasteiger partial charge in [0.2, 0.25) is 0 Å². The van der Waals surface area contributed by atoms with E-state index in [1.165, 1.54) is 88.7 Å². The van der Waals surface area contributed by atoms with Crippen LogP contribution in [0.4, 0.5) is 17.1 Å². The van der Waals surface area contributed by atoms with Gasteiger partial charge in [0.1, 0.15) is 0 Å². The fourth-order valence-corrected chi connectivity index (χ4v) is 9.55. The van der Waals surface area contributed by atoms with E-state index in [1.54, 1.807) is 0 Å². The van der Waals surface area contributed by atoms with Crippen molar-refractivity contribution >= 4 is 27.8 Å². The average Bonchev–Trinajstić information content (AvgIpc) is 3.57. The first-order chi connectivity index (χ1) is 30.5. The maximum atomic E-state index is 2.41. The molecule has 294 valence electrons. The Balaban J connectivity index is 0.971. The van der Waals surface area contributed by atoms with Crippen LogP contribution in [0.1, 0.15) is 25.0 Å². The van der Waals surface area contributed by atoms with Gasteiger partial charge < -0.3 is 4.90 Å². The molecule has 0 bridgehead atoms. The molecule has 1 aliphatic carbocycles. The third-order valence-corrected chi connectivity index (χ3v) is 12.9. The first-order valence-corrected chi connectivity index (χ1v) is 21.6. The van der Waals surface area contributed by atoms with Crippen molar-refractivity contribution in [1.29, 1.82) is 0 Å². The molecule has 62 heavy (non-hydrogen) atoms. The van der Waals surface area contributed by atoms with E-state index in [4.69, 9.17) is 0 Å². The van der Waals surface area contributed by atoms with E-state index in [2.05, 4.69) is 255 Å². The third kappa shape index (κ3) is 6.69. The Labute approximate surface area is 364 Å². The number of hydrogen-bond donors (Lipinski definition) is 0. The van der Waals surface area contributed by atoms with Crippen molar-refractivity contribution in [3.8, 4) is 66.8 Å². The van der Waals surface area contributed by atoms with Gasteiger partial charge in [-0.15, -0.1) is 0 Å². The van der Waals surface area contributed by atoms with Crippen LogP contribution < -0.4 is 4.90 Å². The van der Waals surface area contributed by atoms with Gasteiger partial charge >= 0.3 is 0 Å². The van der Waals surface area contributed by atoms with Crippen LogP contribution in [0.3, 0.4) is 0 Å². The van der Waals surface area contributed by atoms with Crippen molar-refractivity contribution in [2.75, 3.05) is 4.90 Å². The molecule has 0 aromatic heterocycles. The van der Waals surface area contributed by atoms with E-state index in [0.717, 1.165) is 17.1 Å². The molecule has 0 unspecified atom stereocenters. The molecule has 1 heteroatoms. The van der Waals surface area contributed by atoms with Gasteiger partial charge in [-0.2, -0.15) is 0 Å². The zero-order valence-electron chi connectivity index (χ0n) is 35.0. The molecule has 0 saturated heterocycles. The van der Waals surface area contributed by atoms with E-state index in [-0.39, 0.29) is 5.41 Å². The average molecular weight is 792 g/mol. The largest absolute Gasteiger partial charge is 0.310 e. The summed E-state index contributed by atoms with van der Waals surface area (Å²) >= 11 is 0. The number of hydrogen-bond acceptors (Lipinski definition) is 1. The highest BCUT2D eigenvalue weighted by molar-refractivity contribution is 5.91. The smallest absolute Gasteiger partial charge is 0.0540 e. The Morgan fingerprint density at radius 2 is 0.726 bits per heavy atom. The standard InChI is InChI=1S/C61H45N/c1-61(2)58-21-10-8-20-56(58)57-38-33-52(41-59(57)61)46-31-36-54(37-32-46)62(60-22-11-9-19-55(60)47-26-23-44(24-27-47)42-13-4-3-5-14-42)53-34-29-45(30-35-53)49-17-12-18-50(39-49)51-28-25-43-15-6-7-16-48(43)40-51/h3-41H,1-2H3. The van der Waals surface area contributed by atoms with E-state index in [1.807, 2.05) is 0 Å². The first kappa shape index (κ1) is 37.3. The van der Waals surface area contributed by atoms with Crippen LogP contribution in [-0.2, 0) is 5.41 Å². The van der Waals surface area contributed by atoms with Gasteiger partial charge in [0.05, 0.1) is 5.69 Å². The van der Waals surface area contributed by atoms with Crippen molar-refractivity contribution in [3.05, 3.63) is 248 Å². The minimum Gasteiger partial charge on any atom is -0.310 e. The minimum atomic E-state index is -0.0500. The fourth-order valence-electron chi connectivity index (χ4n) is 9.55. The van der Waals surface area contributed by atoms with Gasteiger partial charge in [0.25, 0.3) is 0 Å². The van der Waals surface area contributed by atoms with Gasteiger partial charge in [0, 0.05) is 22.4 Å². The number of rotatable bonds is 8. The number of anilines is 3. The van der Waals surface area contributed by atoms with Crippen molar-refractivity contribution in [3.63, 3.8) is 0 Å². The lowest BCUT2D eigenvalue weighted by molar-refractivity contribution is 0.660. The molecule has 10 aromatic rings. The monoisotopic (exact) mass is 791 g/mol. The van der Waals surface area contributed by atoms with E-state index < -0.39 is 0 Å². The molecule has 10 aromatic carbocycles. The molecular formula is C61H45N. The van der Waals surface area contributed by atoms with Crippen LogP contribution in [0, 0.1) is 0 Å².